The Balaban J connectivity index is 0.000000208. The number of benzene rings is 6. The van der Waals surface area contributed by atoms with Crippen molar-refractivity contribution >= 4 is 132 Å². The van der Waals surface area contributed by atoms with Crippen LogP contribution in [0.2, 0.25) is 5.02 Å². The van der Waals surface area contributed by atoms with Crippen LogP contribution in [0, 0.1) is 34.6 Å². The predicted octanol–water partition coefficient (Wildman–Crippen LogP) is 37.6. The standard InChI is InChI=1S/C17H19N.2C12H15N.C12H12O2.C11H12ClN.C11H17NO.C9H14O.C8H12NO.C8H12O.C7H9BrO.C7H9BrS.C6H9NS/c1-4-18-16-8-6-5-7-14(16)15-11-13(12(2)3)9-10-17(15)18;1-8(2)11-7-13-12-9(3)5-4-6-10(11)12;1-9(2)12-8-10-6-4-5-7-11(10)13(12)3;1-8(2)10-7-14-11-6-4-3-5-9(11)12(10)13;1-7(2)10-6-13-11-4-3-8(12)5-9(10)11;1-5-9-6-12-8(4)11(13)10(9)7(2)3;1-6(2)9-5-7(3)8(4)10-9;1-7(2)8-3-5-9(10)6-4-8;1-6(2)8-5-4-7(3)9-8;2*1-5(2)7-3-6(8)4-9-7;1-5(2)6-7-3-4-8-6/h5-12H,4H2,1-3H3;4-8,13H,1-3H3;4-9H,1-3H3;3-8H,1-2H3;3-7,13H,1-2H3;6-7,13H,5H2,1-4H3;5-6H,1-4H3;3-7,10H,1-2H3;4-6H,1-3H3;2*3-5H,1-2H3;3-5H,1-2H3/q;;;;;;;+1;;;;. The highest BCUT2D eigenvalue weighted by molar-refractivity contribution is 9.10. The number of hydrogen-bond donors (Lipinski definition) is 4. The second-order valence-corrected chi connectivity index (χ2v) is 42.9. The molecule has 0 bridgehead atoms. The average Bonchev–Trinajstić information content (AvgIpc) is 1.61. The Morgan fingerprint density at radius 3 is 1.56 bits per heavy atom. The van der Waals surface area contributed by atoms with Crippen molar-refractivity contribution < 1.29 is 32.7 Å². The molecule has 18 rings (SSSR count). The van der Waals surface area contributed by atoms with E-state index >= 15 is 0 Å². The highest BCUT2D eigenvalue weighted by Crippen LogP contribution is 2.36. The first-order valence-electron chi connectivity index (χ1n) is 49.1. The molecule has 4 N–H and O–H groups in total. The van der Waals surface area contributed by atoms with E-state index < -0.39 is 0 Å². The number of furan rings is 3. The molecule has 0 aliphatic rings. The smallest absolute Gasteiger partial charge is 0.222 e. The molecule has 0 fully saturated rings. The van der Waals surface area contributed by atoms with Gasteiger partial charge >= 0.3 is 0 Å². The molecule has 0 atom stereocenters. The molecule has 0 amide bonds. The molecule has 18 aromatic rings. The molecule has 0 spiro atoms. The Morgan fingerprint density at radius 1 is 0.482 bits per heavy atom. The highest BCUT2D eigenvalue weighted by Gasteiger charge is 2.18. The Labute approximate surface area is 858 Å². The van der Waals surface area contributed by atoms with Crippen LogP contribution in [0.5, 0.6) is 5.75 Å². The number of para-hydroxylation sites is 4. The molecule has 12 aromatic heterocycles. The van der Waals surface area contributed by atoms with Gasteiger partial charge in [-0.3, -0.25) is 15.0 Å². The minimum absolute atomic E-state index is 0.0850. The summed E-state index contributed by atoms with van der Waals surface area (Å²) < 4.78 is 29.3. The van der Waals surface area contributed by atoms with Crippen molar-refractivity contribution in [2.24, 2.45) is 7.05 Å². The van der Waals surface area contributed by atoms with Crippen molar-refractivity contribution in [3.8, 4) is 5.75 Å². The number of thiazole rings is 1. The number of aromatic hydroxyl groups is 1. The van der Waals surface area contributed by atoms with E-state index in [1.165, 1.54) is 102 Å². The quantitative estimate of drug-likeness (QED) is 0.0608. The Hall–Kier alpha value is -10.7. The van der Waals surface area contributed by atoms with Crippen LogP contribution in [0.15, 0.2) is 268 Å². The molecule has 744 valence electrons. The summed E-state index contributed by atoms with van der Waals surface area (Å²) in [6, 6.07) is 60.2. The summed E-state index contributed by atoms with van der Waals surface area (Å²) in [6.07, 6.45) is 15.4. The van der Waals surface area contributed by atoms with E-state index in [1.807, 2.05) is 124 Å². The number of rotatable bonds is 14. The largest absolute Gasteiger partial charge is 0.506 e. The number of fused-ring (bicyclic) bond motifs is 7. The van der Waals surface area contributed by atoms with Gasteiger partial charge in [0.05, 0.1) is 26.8 Å². The number of aromatic amines is 2. The minimum Gasteiger partial charge on any atom is -0.506 e. The van der Waals surface area contributed by atoms with E-state index in [2.05, 4.69) is 369 Å². The zero-order chi connectivity index (χ0) is 103. The zero-order valence-electron chi connectivity index (χ0n) is 88.5. The number of halogens is 3. The summed E-state index contributed by atoms with van der Waals surface area (Å²) in [5.41, 5.74) is 20.3. The van der Waals surface area contributed by atoms with Gasteiger partial charge in [-0.2, -0.15) is 0 Å². The topological polar surface area (TPSA) is 181 Å². The number of pyridine rings is 2. The molecular weight excluding hydrogens is 1910 g/mol. The first-order valence-corrected chi connectivity index (χ1v) is 52.8. The van der Waals surface area contributed by atoms with Crippen LogP contribution in [0.25, 0.3) is 65.5 Å². The van der Waals surface area contributed by atoms with Gasteiger partial charge < -0.3 is 41.9 Å². The maximum atomic E-state index is 11.9. The van der Waals surface area contributed by atoms with E-state index in [-0.39, 0.29) is 11.3 Å². The molecule has 0 saturated heterocycles. The fourth-order valence-corrected chi connectivity index (χ4v) is 18.0. The van der Waals surface area contributed by atoms with Crippen LogP contribution < -0.4 is 10.2 Å². The molecule has 0 unspecified atom stereocenters. The van der Waals surface area contributed by atoms with Crippen molar-refractivity contribution in [1.82, 2.24) is 29.1 Å². The number of nitrogens with one attached hydrogen (secondary N) is 2. The van der Waals surface area contributed by atoms with E-state index in [0.717, 1.165) is 83.9 Å². The zero-order valence-corrected chi connectivity index (χ0v) is 94.0. The summed E-state index contributed by atoms with van der Waals surface area (Å²) >= 11 is 16.2. The minimum atomic E-state index is 0.0850. The third-order valence-electron chi connectivity index (χ3n) is 23.7. The highest BCUT2D eigenvalue weighted by atomic mass is 79.9. The Kier molecular flexibility index (Phi) is 46.5. The van der Waals surface area contributed by atoms with Crippen molar-refractivity contribution in [1.29, 1.82) is 0 Å². The van der Waals surface area contributed by atoms with Crippen molar-refractivity contribution in [2.75, 3.05) is 0 Å². The lowest BCUT2D eigenvalue weighted by molar-refractivity contribution is -0.904. The SMILES string of the molecule is CC(C)c1c[nH]c2ccc(Cl)cc12.CC(C)c1cc(Br)co1.CC(C)c1cc(Br)cs1.CC(C)c1cc2ccccc2n1C.CC(C)c1cc[n+](O)cc1.CC(C)c1coc2ccccc2c1=O.CC(C)c1nccs1.CCc1cnc(C)c(O)c1C(C)C.CCn1c2ccccc2c2cc(C(C)C)ccc21.Cc1cc(C(C)C)oc1C.Cc1ccc(C(C)C)o1.Cc1cccc2c(C(C)C)c[nH]c12. The summed E-state index contributed by atoms with van der Waals surface area (Å²) in [7, 11) is 2.14. The van der Waals surface area contributed by atoms with Crippen LogP contribution in [0.4, 0.5) is 0 Å². The lowest BCUT2D eigenvalue weighted by Crippen LogP contribution is -2.28. The summed E-state index contributed by atoms with van der Waals surface area (Å²) in [4.78, 5) is 28.2. The number of aryl methyl sites for hydroxylation is 8. The van der Waals surface area contributed by atoms with E-state index in [4.69, 9.17) is 34.5 Å². The summed E-state index contributed by atoms with van der Waals surface area (Å²) in [5, 5.41) is 32.2. The van der Waals surface area contributed by atoms with Crippen molar-refractivity contribution in [3.63, 3.8) is 0 Å². The number of H-pyrrole nitrogens is 2. The van der Waals surface area contributed by atoms with Crippen LogP contribution in [0.3, 0.4) is 0 Å². The second kappa shape index (κ2) is 56.1. The third-order valence-corrected chi connectivity index (χ3v) is 27.5. The molecule has 139 heavy (non-hydrogen) atoms. The van der Waals surface area contributed by atoms with Crippen LogP contribution in [0.1, 0.15) is 351 Å². The molecule has 0 radical (unpaired) electrons. The van der Waals surface area contributed by atoms with Gasteiger partial charge in [0.1, 0.15) is 46.4 Å². The van der Waals surface area contributed by atoms with Gasteiger partial charge in [0.15, 0.2) is 5.43 Å². The molecule has 0 aliphatic carbocycles. The van der Waals surface area contributed by atoms with E-state index in [1.54, 1.807) is 48.4 Å². The predicted molar refractivity (Wildman–Crippen MR) is 602 cm³/mol. The average molecular weight is 2070 g/mol. The van der Waals surface area contributed by atoms with Crippen LogP contribution in [-0.4, -0.2) is 39.4 Å². The number of aromatic nitrogens is 7. The molecule has 19 heteroatoms. The van der Waals surface area contributed by atoms with E-state index in [9.17, 15) is 9.90 Å². The molecule has 12 heterocycles. The molecular formula is C120H155Br2ClN7O7S2+. The number of hydrogen-bond acceptors (Lipinski definition) is 11. The fourth-order valence-electron chi connectivity index (χ4n) is 15.3. The Morgan fingerprint density at radius 2 is 1.08 bits per heavy atom. The first kappa shape index (κ1) is 115. The molecule has 0 aliphatic heterocycles. The van der Waals surface area contributed by atoms with Gasteiger partial charge in [0.25, 0.3) is 0 Å². The third kappa shape index (κ3) is 34.0. The number of nitrogens with zero attached hydrogens (tertiary/aromatic N) is 5. The van der Waals surface area contributed by atoms with Gasteiger partial charge in [-0.1, -0.05) is 257 Å². The molecule has 0 saturated carbocycles. The maximum absolute atomic E-state index is 11.9. The second-order valence-electron chi connectivity index (χ2n) is 38.8. The lowest BCUT2D eigenvalue weighted by atomic mass is 9.95. The lowest BCUT2D eigenvalue weighted by Gasteiger charge is -2.14. The van der Waals surface area contributed by atoms with Crippen LogP contribution in [-0.2, 0) is 20.0 Å². The fraction of sp³-hybridized carbons (Fsp3) is 0.383. The first-order chi connectivity index (χ1) is 65.8. The van der Waals surface area contributed by atoms with Gasteiger partial charge in [-0.15, -0.1) is 22.7 Å². The Bertz CT molecular complexity index is 6640. The van der Waals surface area contributed by atoms with E-state index in [0.29, 0.717) is 81.8 Å². The van der Waals surface area contributed by atoms with Crippen LogP contribution >= 0.6 is 66.1 Å². The molecule has 14 nitrogen and oxygen atoms in total. The number of thiophene rings is 1. The monoisotopic (exact) mass is 2060 g/mol. The maximum Gasteiger partial charge on any atom is 0.222 e. The normalized spacial score (nSPS) is 11.0. The molecule has 6 aromatic carbocycles. The van der Waals surface area contributed by atoms with Gasteiger partial charge in [-0.25, -0.2) is 4.98 Å². The van der Waals surface area contributed by atoms with Gasteiger partial charge in [0, 0.05) is 170 Å². The van der Waals surface area contributed by atoms with Gasteiger partial charge in [0.2, 0.25) is 12.4 Å². The van der Waals surface area contributed by atoms with Crippen molar-refractivity contribution in [2.45, 2.75) is 299 Å². The summed E-state index contributed by atoms with van der Waals surface area (Å²) in [6.45, 7) is 67.0. The summed E-state index contributed by atoms with van der Waals surface area (Å²) in [5.74, 6) is 11.8. The van der Waals surface area contributed by atoms with Gasteiger partial charge in [-0.05, 0) is 262 Å². The van der Waals surface area contributed by atoms with Crippen molar-refractivity contribution in [3.05, 3.63) is 361 Å².